The first-order valence-electron chi connectivity index (χ1n) is 4.24. The quantitative estimate of drug-likeness (QED) is 0.429. The van der Waals surface area contributed by atoms with Crippen LogP contribution in [-0.4, -0.2) is 33.6 Å². The minimum atomic E-state index is -3.26. The van der Waals surface area contributed by atoms with Crippen molar-refractivity contribution in [2.75, 3.05) is 13.1 Å². The Balaban J connectivity index is 2.20. The van der Waals surface area contributed by atoms with Crippen LogP contribution in [-0.2, 0) is 10.2 Å². The predicted octanol–water partition coefficient (Wildman–Crippen LogP) is -1.29. The van der Waals surface area contributed by atoms with Crippen LogP contribution in [0, 0.1) is 0 Å². The Hall–Kier alpha value is -0.430. The zero-order chi connectivity index (χ0) is 9.47. The highest BCUT2D eigenvalue weighted by atomic mass is 32.2. The van der Waals surface area contributed by atoms with E-state index >= 15 is 0 Å². The van der Waals surface area contributed by atoms with E-state index in [1.807, 2.05) is 13.0 Å². The molecule has 2 unspecified atom stereocenters. The SMILES string of the molecule is CC1=CC2NS(=O)(=O)NCC2NC1. The lowest BCUT2D eigenvalue weighted by Gasteiger charge is -2.35. The molecule has 0 saturated carbocycles. The molecule has 0 radical (unpaired) electrons. The maximum atomic E-state index is 11.1. The summed E-state index contributed by atoms with van der Waals surface area (Å²) in [5.74, 6) is 0. The van der Waals surface area contributed by atoms with Crippen LogP contribution in [0.3, 0.4) is 0 Å². The third kappa shape index (κ3) is 1.91. The molecule has 1 fully saturated rings. The molecule has 2 heterocycles. The normalized spacial score (nSPS) is 37.8. The van der Waals surface area contributed by atoms with E-state index in [1.165, 1.54) is 5.57 Å². The van der Waals surface area contributed by atoms with Gasteiger partial charge in [0.15, 0.2) is 0 Å². The lowest BCUT2D eigenvalue weighted by molar-refractivity contribution is 0.408. The number of rotatable bonds is 0. The first kappa shape index (κ1) is 9.14. The summed E-state index contributed by atoms with van der Waals surface area (Å²) < 4.78 is 27.3. The molecular formula is C7H13N3O2S. The van der Waals surface area contributed by atoms with Gasteiger partial charge in [-0.05, 0) is 6.92 Å². The monoisotopic (exact) mass is 203 g/mol. The van der Waals surface area contributed by atoms with Crippen molar-refractivity contribution < 1.29 is 8.42 Å². The highest BCUT2D eigenvalue weighted by Crippen LogP contribution is 2.10. The fraction of sp³-hybridized carbons (Fsp3) is 0.714. The first-order chi connectivity index (χ1) is 6.07. The molecule has 13 heavy (non-hydrogen) atoms. The van der Waals surface area contributed by atoms with Crippen molar-refractivity contribution >= 4 is 10.2 Å². The van der Waals surface area contributed by atoms with Crippen molar-refractivity contribution in [2.24, 2.45) is 0 Å². The minimum Gasteiger partial charge on any atom is -0.307 e. The Labute approximate surface area is 77.8 Å². The first-order valence-corrected chi connectivity index (χ1v) is 5.73. The van der Waals surface area contributed by atoms with Crippen LogP contribution in [0.5, 0.6) is 0 Å². The zero-order valence-corrected chi connectivity index (χ0v) is 8.19. The van der Waals surface area contributed by atoms with Crippen LogP contribution in [0.2, 0.25) is 0 Å². The molecule has 2 atom stereocenters. The molecule has 2 aliphatic rings. The van der Waals surface area contributed by atoms with E-state index in [0.29, 0.717) is 6.54 Å². The van der Waals surface area contributed by atoms with Crippen LogP contribution in [0.15, 0.2) is 11.6 Å². The molecule has 0 aromatic heterocycles. The molecule has 0 aromatic rings. The summed E-state index contributed by atoms with van der Waals surface area (Å²) >= 11 is 0. The van der Waals surface area contributed by atoms with Crippen molar-refractivity contribution in [3.63, 3.8) is 0 Å². The molecule has 6 heteroatoms. The highest BCUT2D eigenvalue weighted by molar-refractivity contribution is 7.87. The Kier molecular flexibility index (Phi) is 2.15. The maximum absolute atomic E-state index is 11.1. The number of hydrogen-bond donors (Lipinski definition) is 3. The van der Waals surface area contributed by atoms with Gasteiger partial charge in [-0.2, -0.15) is 13.1 Å². The van der Waals surface area contributed by atoms with E-state index in [0.717, 1.165) is 6.54 Å². The van der Waals surface area contributed by atoms with Crippen molar-refractivity contribution in [1.29, 1.82) is 0 Å². The summed E-state index contributed by atoms with van der Waals surface area (Å²) in [6.45, 7) is 3.29. The Bertz CT molecular complexity index is 336. The predicted molar refractivity (Wildman–Crippen MR) is 49.4 cm³/mol. The van der Waals surface area contributed by atoms with Crippen molar-refractivity contribution in [3.05, 3.63) is 11.6 Å². The molecular weight excluding hydrogens is 190 g/mol. The molecule has 1 saturated heterocycles. The van der Waals surface area contributed by atoms with Gasteiger partial charge in [0.2, 0.25) is 0 Å². The van der Waals surface area contributed by atoms with Gasteiger partial charge in [0.25, 0.3) is 10.2 Å². The van der Waals surface area contributed by atoms with E-state index in [2.05, 4.69) is 14.8 Å². The second-order valence-electron chi connectivity index (χ2n) is 3.50. The molecule has 2 rings (SSSR count). The summed E-state index contributed by atoms with van der Waals surface area (Å²) in [6, 6.07) is 0.0761. The van der Waals surface area contributed by atoms with Gasteiger partial charge in [0, 0.05) is 19.1 Å². The lowest BCUT2D eigenvalue weighted by Crippen LogP contribution is -2.63. The van der Waals surface area contributed by atoms with Crippen LogP contribution in [0.1, 0.15) is 6.92 Å². The lowest BCUT2D eigenvalue weighted by atomic mass is 10.0. The van der Waals surface area contributed by atoms with Gasteiger partial charge in [-0.1, -0.05) is 11.6 Å². The van der Waals surface area contributed by atoms with E-state index in [-0.39, 0.29) is 12.1 Å². The topological polar surface area (TPSA) is 70.2 Å². The number of fused-ring (bicyclic) bond motifs is 1. The fourth-order valence-electron chi connectivity index (χ4n) is 1.64. The van der Waals surface area contributed by atoms with Gasteiger partial charge in [-0.25, -0.2) is 4.72 Å². The minimum absolute atomic E-state index is 0.0972. The summed E-state index contributed by atoms with van der Waals surface area (Å²) in [4.78, 5) is 0. The van der Waals surface area contributed by atoms with E-state index in [4.69, 9.17) is 0 Å². The summed E-state index contributed by atoms with van der Waals surface area (Å²) in [5, 5.41) is 3.25. The average molecular weight is 203 g/mol. The van der Waals surface area contributed by atoms with E-state index < -0.39 is 10.2 Å². The Morgan fingerprint density at radius 2 is 2.31 bits per heavy atom. The molecule has 0 aromatic carbocycles. The van der Waals surface area contributed by atoms with Gasteiger partial charge >= 0.3 is 0 Å². The molecule has 74 valence electrons. The summed E-state index contributed by atoms with van der Waals surface area (Å²) in [5.41, 5.74) is 1.17. The average Bonchev–Trinajstić information content (AvgIpc) is 2.01. The third-order valence-corrected chi connectivity index (χ3v) is 3.45. The molecule has 0 bridgehead atoms. The van der Waals surface area contributed by atoms with Crippen LogP contribution in [0.25, 0.3) is 0 Å². The largest absolute Gasteiger partial charge is 0.307 e. The second-order valence-corrected chi connectivity index (χ2v) is 5.03. The highest BCUT2D eigenvalue weighted by Gasteiger charge is 2.32. The molecule has 2 aliphatic heterocycles. The van der Waals surface area contributed by atoms with Crippen molar-refractivity contribution in [1.82, 2.24) is 14.8 Å². The van der Waals surface area contributed by atoms with Crippen molar-refractivity contribution in [2.45, 2.75) is 19.0 Å². The fourth-order valence-corrected chi connectivity index (χ4v) is 2.71. The van der Waals surface area contributed by atoms with Gasteiger partial charge in [-0.3, -0.25) is 0 Å². The molecule has 5 nitrogen and oxygen atoms in total. The molecule has 0 amide bonds. The zero-order valence-electron chi connectivity index (χ0n) is 7.37. The van der Waals surface area contributed by atoms with Gasteiger partial charge in [0.1, 0.15) is 0 Å². The third-order valence-electron chi connectivity index (χ3n) is 2.33. The number of nitrogens with one attached hydrogen (secondary N) is 3. The Morgan fingerprint density at radius 3 is 3.08 bits per heavy atom. The molecule has 0 aliphatic carbocycles. The van der Waals surface area contributed by atoms with Crippen LogP contribution in [0.4, 0.5) is 0 Å². The summed E-state index contributed by atoms with van der Waals surface area (Å²) in [7, 11) is -3.26. The summed E-state index contributed by atoms with van der Waals surface area (Å²) in [6.07, 6.45) is 1.97. The van der Waals surface area contributed by atoms with E-state index in [1.54, 1.807) is 0 Å². The molecule has 0 spiro atoms. The molecule has 3 N–H and O–H groups in total. The Morgan fingerprint density at radius 1 is 1.54 bits per heavy atom. The van der Waals surface area contributed by atoms with Gasteiger partial charge < -0.3 is 5.32 Å². The van der Waals surface area contributed by atoms with Crippen molar-refractivity contribution in [3.8, 4) is 0 Å². The standard InChI is InChI=1S/C7H13N3O2S/c1-5-2-6-7(8-3-5)4-9-13(11,12)10-6/h2,6-10H,3-4H2,1H3. The number of hydrogen-bond acceptors (Lipinski definition) is 3. The van der Waals surface area contributed by atoms with E-state index in [9.17, 15) is 8.42 Å². The second kappa shape index (κ2) is 3.06. The maximum Gasteiger partial charge on any atom is 0.277 e. The van der Waals surface area contributed by atoms with Gasteiger partial charge in [-0.15, -0.1) is 0 Å². The van der Waals surface area contributed by atoms with Crippen LogP contribution < -0.4 is 14.8 Å². The smallest absolute Gasteiger partial charge is 0.277 e. The van der Waals surface area contributed by atoms with Gasteiger partial charge in [0.05, 0.1) is 6.04 Å². The van der Waals surface area contributed by atoms with Crippen LogP contribution >= 0.6 is 0 Å².